The van der Waals surface area contributed by atoms with Crippen molar-refractivity contribution in [1.29, 1.82) is 0 Å². The molecule has 6 atom stereocenters. The van der Waals surface area contributed by atoms with Gasteiger partial charge in [-0.05, 0) is 39.7 Å². The number of hydrogen-bond donors (Lipinski definition) is 2. The molecule has 0 saturated carbocycles. The number of methoxy groups -OCH3 is 1. The highest BCUT2D eigenvalue weighted by Crippen LogP contribution is 2.35. The third kappa shape index (κ3) is 3.33. The van der Waals surface area contributed by atoms with E-state index in [2.05, 4.69) is 0 Å². The van der Waals surface area contributed by atoms with Crippen LogP contribution in [0.1, 0.15) is 33.6 Å². The Morgan fingerprint density at radius 3 is 2.61 bits per heavy atom. The molecule has 23 heavy (non-hydrogen) atoms. The van der Waals surface area contributed by atoms with E-state index in [1.54, 1.807) is 6.92 Å². The molecule has 0 unspecified atom stereocenters. The predicted molar refractivity (Wildman–Crippen MR) is 79.3 cm³/mol. The summed E-state index contributed by atoms with van der Waals surface area (Å²) in [6.45, 7) is 4.98. The molecule has 7 heteroatoms. The first-order chi connectivity index (χ1) is 10.7. The minimum Gasteiger partial charge on any atom is -0.456 e. The van der Waals surface area contributed by atoms with Gasteiger partial charge in [0.05, 0.1) is 6.10 Å². The highest BCUT2D eigenvalue weighted by Gasteiger charge is 2.49. The van der Waals surface area contributed by atoms with Crippen molar-refractivity contribution in [3.63, 3.8) is 0 Å². The van der Waals surface area contributed by atoms with Crippen LogP contribution in [0.25, 0.3) is 0 Å². The van der Waals surface area contributed by atoms with Crippen molar-refractivity contribution in [2.45, 2.75) is 64.3 Å². The Kier molecular flexibility index (Phi) is 5.25. The Labute approximate surface area is 135 Å². The van der Waals surface area contributed by atoms with E-state index in [1.807, 2.05) is 6.92 Å². The normalized spacial score (nSPS) is 41.4. The first-order valence-electron chi connectivity index (χ1n) is 7.67. The summed E-state index contributed by atoms with van der Waals surface area (Å²) in [6, 6.07) is 0. The zero-order valence-corrected chi connectivity index (χ0v) is 13.8. The van der Waals surface area contributed by atoms with E-state index in [9.17, 15) is 19.8 Å². The monoisotopic (exact) mass is 328 g/mol. The first kappa shape index (κ1) is 18.1. The van der Waals surface area contributed by atoms with Gasteiger partial charge in [0.15, 0.2) is 18.2 Å². The van der Waals surface area contributed by atoms with Gasteiger partial charge >= 0.3 is 5.97 Å². The molecule has 0 bridgehead atoms. The fraction of sp³-hybridized carbons (Fsp3) is 0.750. The largest absolute Gasteiger partial charge is 0.456 e. The van der Waals surface area contributed by atoms with E-state index in [0.29, 0.717) is 12.8 Å². The molecule has 7 nitrogen and oxygen atoms in total. The minimum atomic E-state index is -1.35. The zero-order valence-electron chi connectivity index (χ0n) is 13.8. The number of allylic oxidation sites excluding steroid dienone is 2. The number of carbonyl (C=O) groups is 2. The van der Waals surface area contributed by atoms with Gasteiger partial charge in [-0.3, -0.25) is 9.59 Å². The van der Waals surface area contributed by atoms with Crippen molar-refractivity contribution in [2.75, 3.05) is 7.11 Å². The van der Waals surface area contributed by atoms with E-state index in [1.165, 1.54) is 20.1 Å². The number of ketones is 1. The Morgan fingerprint density at radius 1 is 1.39 bits per heavy atom. The molecule has 0 aromatic rings. The van der Waals surface area contributed by atoms with Gasteiger partial charge in [-0.25, -0.2) is 0 Å². The Morgan fingerprint density at radius 2 is 2.04 bits per heavy atom. The maximum Gasteiger partial charge on any atom is 0.320 e. The molecule has 1 fully saturated rings. The van der Waals surface area contributed by atoms with E-state index in [-0.39, 0.29) is 5.78 Å². The van der Waals surface area contributed by atoms with Crippen LogP contribution in [0.4, 0.5) is 0 Å². The Hall–Kier alpha value is -1.28. The molecule has 2 aliphatic rings. The molecule has 1 aliphatic heterocycles. The zero-order chi connectivity index (χ0) is 17.4. The summed E-state index contributed by atoms with van der Waals surface area (Å²) in [6.07, 6.45) is -3.00. The molecule has 1 saturated heterocycles. The number of aliphatic hydroxyl groups is 2. The average molecular weight is 328 g/mol. The lowest BCUT2D eigenvalue weighted by Gasteiger charge is -2.41. The number of esters is 1. The van der Waals surface area contributed by atoms with Gasteiger partial charge in [0, 0.05) is 7.11 Å². The van der Waals surface area contributed by atoms with Crippen molar-refractivity contribution < 1.29 is 34.0 Å². The molecule has 1 aliphatic carbocycles. The van der Waals surface area contributed by atoms with Gasteiger partial charge in [-0.2, -0.15) is 0 Å². The maximum absolute atomic E-state index is 12.5. The molecule has 2 N–H and O–H groups in total. The average Bonchev–Trinajstić information content (AvgIpc) is 2.51. The quantitative estimate of drug-likeness (QED) is 0.568. The summed E-state index contributed by atoms with van der Waals surface area (Å²) >= 11 is 0. The third-order valence-electron chi connectivity index (χ3n) is 4.64. The van der Waals surface area contributed by atoms with E-state index >= 15 is 0 Å². The van der Waals surface area contributed by atoms with Crippen LogP contribution in [0.2, 0.25) is 0 Å². The number of rotatable bonds is 3. The summed E-state index contributed by atoms with van der Waals surface area (Å²) in [5, 5.41) is 20.1. The SMILES string of the molecule is CO[C@H]1O[C@H](C)[C@@H](OC(=O)[C@]2(C)CCC(C)=CC2=O)[C@H](O)[C@H]1O. The van der Waals surface area contributed by atoms with Gasteiger partial charge in [0.2, 0.25) is 0 Å². The second kappa shape index (κ2) is 6.68. The van der Waals surface area contributed by atoms with Gasteiger partial charge < -0.3 is 24.4 Å². The molecule has 1 heterocycles. The lowest BCUT2D eigenvalue weighted by Crippen LogP contribution is -2.59. The van der Waals surface area contributed by atoms with E-state index in [0.717, 1.165) is 5.57 Å². The van der Waals surface area contributed by atoms with Crippen molar-refractivity contribution in [3.05, 3.63) is 11.6 Å². The fourth-order valence-corrected chi connectivity index (χ4v) is 2.84. The predicted octanol–water partition coefficient (Wildman–Crippen LogP) is 0.327. The maximum atomic E-state index is 12.5. The lowest BCUT2D eigenvalue weighted by atomic mass is 9.75. The Bertz CT molecular complexity index is 515. The molecular weight excluding hydrogens is 304 g/mol. The Balaban J connectivity index is 2.12. The summed E-state index contributed by atoms with van der Waals surface area (Å²) in [7, 11) is 1.34. The van der Waals surface area contributed by atoms with Crippen LogP contribution in [0.5, 0.6) is 0 Å². The first-order valence-corrected chi connectivity index (χ1v) is 7.67. The summed E-state index contributed by atoms with van der Waals surface area (Å²) in [5.41, 5.74) is -0.352. The van der Waals surface area contributed by atoms with Crippen molar-refractivity contribution in [2.24, 2.45) is 5.41 Å². The van der Waals surface area contributed by atoms with Crippen LogP contribution in [0.3, 0.4) is 0 Å². The number of carbonyl (C=O) groups excluding carboxylic acids is 2. The second-order valence-electron chi connectivity index (χ2n) is 6.48. The molecule has 0 radical (unpaired) electrons. The smallest absolute Gasteiger partial charge is 0.320 e. The van der Waals surface area contributed by atoms with Crippen LogP contribution in [0, 0.1) is 5.41 Å². The summed E-state index contributed by atoms with van der Waals surface area (Å²) in [5.74, 6) is -1.02. The van der Waals surface area contributed by atoms with E-state index < -0.39 is 42.1 Å². The summed E-state index contributed by atoms with van der Waals surface area (Å²) < 4.78 is 15.7. The third-order valence-corrected chi connectivity index (χ3v) is 4.64. The summed E-state index contributed by atoms with van der Waals surface area (Å²) in [4.78, 5) is 24.7. The highest BCUT2D eigenvalue weighted by atomic mass is 16.7. The molecule has 2 rings (SSSR count). The lowest BCUT2D eigenvalue weighted by molar-refractivity contribution is -0.290. The molecular formula is C16H24O7. The molecule has 130 valence electrons. The molecule has 0 spiro atoms. The minimum absolute atomic E-state index is 0.305. The van der Waals surface area contributed by atoms with E-state index in [4.69, 9.17) is 14.2 Å². The van der Waals surface area contributed by atoms with Crippen LogP contribution in [-0.2, 0) is 23.8 Å². The van der Waals surface area contributed by atoms with Gasteiger partial charge in [-0.15, -0.1) is 0 Å². The van der Waals surface area contributed by atoms with Gasteiger partial charge in [0.1, 0.15) is 17.6 Å². The highest BCUT2D eigenvalue weighted by molar-refractivity contribution is 6.09. The van der Waals surface area contributed by atoms with Crippen molar-refractivity contribution >= 4 is 11.8 Å². The van der Waals surface area contributed by atoms with Crippen LogP contribution in [0.15, 0.2) is 11.6 Å². The number of aliphatic hydroxyl groups excluding tert-OH is 2. The van der Waals surface area contributed by atoms with Crippen molar-refractivity contribution in [1.82, 2.24) is 0 Å². The van der Waals surface area contributed by atoms with Crippen LogP contribution >= 0.6 is 0 Å². The van der Waals surface area contributed by atoms with Crippen molar-refractivity contribution in [3.8, 4) is 0 Å². The number of hydrogen-bond acceptors (Lipinski definition) is 7. The topological polar surface area (TPSA) is 102 Å². The van der Waals surface area contributed by atoms with Crippen LogP contribution in [-0.4, -0.2) is 59.8 Å². The molecule has 0 aromatic carbocycles. The molecule has 0 amide bonds. The second-order valence-corrected chi connectivity index (χ2v) is 6.48. The van der Waals surface area contributed by atoms with Gasteiger partial charge in [0.25, 0.3) is 0 Å². The van der Waals surface area contributed by atoms with Crippen LogP contribution < -0.4 is 0 Å². The standard InChI is InChI=1S/C16H24O7/c1-8-5-6-16(3,10(17)7-8)15(20)23-13-9(2)22-14(21-4)12(19)11(13)18/h7,9,11-14,18-19H,5-6H2,1-4H3/t9-,11-,12-,13-,14+,16-/m1/s1. The number of ether oxygens (including phenoxy) is 3. The fourth-order valence-electron chi connectivity index (χ4n) is 2.84. The molecule has 0 aromatic heterocycles. The van der Waals surface area contributed by atoms with Gasteiger partial charge in [-0.1, -0.05) is 5.57 Å².